The van der Waals surface area contributed by atoms with Crippen molar-refractivity contribution >= 4 is 21.6 Å². The lowest BCUT2D eigenvalue weighted by Crippen LogP contribution is -2.28. The maximum Gasteiger partial charge on any atom is 0.529 e. The van der Waals surface area contributed by atoms with Gasteiger partial charge in [-0.25, -0.2) is 13.9 Å². The number of carbonyl (C=O) groups excluding carboxylic acids is 1. The molecule has 13 nitrogen and oxygen atoms in total. The molecule has 0 fully saturated rings. The number of rotatable bonds is 12. The van der Waals surface area contributed by atoms with Crippen molar-refractivity contribution in [3.63, 3.8) is 0 Å². The molecule has 0 aliphatic rings. The van der Waals surface area contributed by atoms with E-state index in [4.69, 9.17) is 15.9 Å². The van der Waals surface area contributed by atoms with E-state index in [1.54, 1.807) is 0 Å². The van der Waals surface area contributed by atoms with Gasteiger partial charge >= 0.3 is 21.6 Å². The minimum Gasteiger partial charge on any atom is -0.394 e. The highest BCUT2D eigenvalue weighted by Gasteiger charge is 2.30. The summed E-state index contributed by atoms with van der Waals surface area (Å²) in [7, 11) is -9.45. The molecule has 0 aromatic heterocycles. The summed E-state index contributed by atoms with van der Waals surface area (Å²) in [6.07, 6.45) is -3.05. The molecule has 0 aliphatic carbocycles. The predicted molar refractivity (Wildman–Crippen MR) is 76.3 cm³/mol. The van der Waals surface area contributed by atoms with Gasteiger partial charge in [-0.3, -0.25) is 18.5 Å². The van der Waals surface area contributed by atoms with Crippen molar-refractivity contribution in [2.45, 2.75) is 25.2 Å². The molecule has 0 saturated heterocycles. The Morgan fingerprint density at radius 1 is 1.00 bits per heavy atom. The summed E-state index contributed by atoms with van der Waals surface area (Å²) in [6.45, 7) is -1.92. The van der Waals surface area contributed by atoms with Gasteiger partial charge in [0.15, 0.2) is 0 Å². The van der Waals surface area contributed by atoms with E-state index in [1.807, 2.05) is 0 Å². The van der Waals surface area contributed by atoms with E-state index in [9.17, 15) is 28.8 Å². The maximum absolute atomic E-state index is 11.3. The molecular formula is C9H21NO12P2. The van der Waals surface area contributed by atoms with Crippen molar-refractivity contribution < 1.29 is 57.1 Å². The number of nitrogens with two attached hydrogens (primary N) is 1. The topological polar surface area (TPSA) is 215 Å². The van der Waals surface area contributed by atoms with E-state index < -0.39 is 66.3 Å². The van der Waals surface area contributed by atoms with E-state index in [-0.39, 0.29) is 0 Å². The number of phosphoric ester groups is 2. The Balaban J connectivity index is 4.21. The van der Waals surface area contributed by atoms with Gasteiger partial charge in [-0.15, -0.1) is 0 Å². The Morgan fingerprint density at radius 3 is 1.83 bits per heavy atom. The molecule has 0 radical (unpaired) electrons. The van der Waals surface area contributed by atoms with Crippen LogP contribution in [0.1, 0.15) is 6.92 Å². The second kappa shape index (κ2) is 10.5. The molecule has 0 amide bonds. The summed E-state index contributed by atoms with van der Waals surface area (Å²) < 4.78 is 39.7. The number of aliphatic hydroxyl groups excluding tert-OH is 3. The van der Waals surface area contributed by atoms with E-state index in [0.717, 1.165) is 0 Å². The molecule has 5 unspecified atom stereocenters. The van der Waals surface area contributed by atoms with Crippen LogP contribution in [0.25, 0.3) is 0 Å². The fourth-order valence-corrected chi connectivity index (χ4v) is 2.50. The van der Waals surface area contributed by atoms with Crippen molar-refractivity contribution in [2.75, 3.05) is 26.4 Å². The quantitative estimate of drug-likeness (QED) is 0.194. The Morgan fingerprint density at radius 2 is 1.42 bits per heavy atom. The van der Waals surface area contributed by atoms with E-state index in [1.165, 1.54) is 6.92 Å². The third-order valence-electron chi connectivity index (χ3n) is 2.08. The molecule has 0 heterocycles. The van der Waals surface area contributed by atoms with Crippen molar-refractivity contribution in [2.24, 2.45) is 5.73 Å². The van der Waals surface area contributed by atoms with Crippen LogP contribution in [0.2, 0.25) is 0 Å². The van der Waals surface area contributed by atoms with Crippen molar-refractivity contribution in [3.05, 3.63) is 0 Å². The van der Waals surface area contributed by atoms with Crippen LogP contribution < -0.4 is 5.73 Å². The van der Waals surface area contributed by atoms with Crippen LogP contribution in [0.3, 0.4) is 0 Å². The van der Waals surface area contributed by atoms with Crippen LogP contribution in [-0.2, 0) is 32.0 Å². The molecule has 7 N–H and O–H groups in total. The fraction of sp³-hybridized carbons (Fsp3) is 0.889. The number of carbonyl (C=O) groups is 1. The van der Waals surface area contributed by atoms with Gasteiger partial charge in [0, 0.05) is 0 Å². The Labute approximate surface area is 137 Å². The van der Waals surface area contributed by atoms with Crippen LogP contribution in [0, 0.1) is 0 Å². The molecular weight excluding hydrogens is 376 g/mol. The van der Waals surface area contributed by atoms with Crippen LogP contribution >= 0.6 is 15.6 Å². The summed E-state index contributed by atoms with van der Waals surface area (Å²) in [4.78, 5) is 29.4. The summed E-state index contributed by atoms with van der Waals surface area (Å²) in [5, 5.41) is 26.9. The molecule has 0 aliphatic heterocycles. The first-order chi connectivity index (χ1) is 10.9. The normalized spacial score (nSPS) is 20.5. The van der Waals surface area contributed by atoms with E-state index in [0.29, 0.717) is 0 Å². The van der Waals surface area contributed by atoms with Gasteiger partial charge in [0.2, 0.25) is 0 Å². The molecule has 0 aromatic rings. The SMILES string of the molecule is CC(N)C(=O)OP(=O)(O)OCC(O)COP(=O)(O)OCC(O)CO. The van der Waals surface area contributed by atoms with Crippen LogP contribution in [0.5, 0.6) is 0 Å². The zero-order chi connectivity index (χ0) is 19.0. The molecule has 0 aromatic carbocycles. The summed E-state index contributed by atoms with van der Waals surface area (Å²) in [5.41, 5.74) is 5.12. The summed E-state index contributed by atoms with van der Waals surface area (Å²) in [6, 6.07) is -1.17. The average Bonchev–Trinajstić information content (AvgIpc) is 2.48. The largest absolute Gasteiger partial charge is 0.529 e. The van der Waals surface area contributed by atoms with Crippen LogP contribution in [-0.4, -0.2) is 75.8 Å². The third kappa shape index (κ3) is 11.2. The predicted octanol–water partition coefficient (Wildman–Crippen LogP) is -2.16. The highest BCUT2D eigenvalue weighted by atomic mass is 31.2. The minimum absolute atomic E-state index is 0.698. The van der Waals surface area contributed by atoms with Gasteiger partial charge < -0.3 is 30.5 Å². The van der Waals surface area contributed by atoms with Crippen molar-refractivity contribution in [1.82, 2.24) is 0 Å². The minimum atomic E-state index is -4.82. The van der Waals surface area contributed by atoms with Gasteiger partial charge in [0.1, 0.15) is 18.2 Å². The molecule has 144 valence electrons. The zero-order valence-corrected chi connectivity index (χ0v) is 14.4. The van der Waals surface area contributed by atoms with Gasteiger partial charge in [0.05, 0.1) is 26.4 Å². The second-order valence-electron chi connectivity index (χ2n) is 4.51. The Kier molecular flexibility index (Phi) is 10.3. The number of hydrogen-bond donors (Lipinski definition) is 6. The Bertz CT molecular complexity index is 485. The number of hydrogen-bond acceptors (Lipinski definition) is 11. The molecule has 0 saturated carbocycles. The molecule has 5 atom stereocenters. The van der Waals surface area contributed by atoms with Gasteiger partial charge in [-0.05, 0) is 6.92 Å². The smallest absolute Gasteiger partial charge is 0.394 e. The van der Waals surface area contributed by atoms with E-state index in [2.05, 4.69) is 18.1 Å². The first-order valence-electron chi connectivity index (χ1n) is 6.43. The van der Waals surface area contributed by atoms with Gasteiger partial charge in [-0.1, -0.05) is 0 Å². The second-order valence-corrected chi connectivity index (χ2v) is 7.35. The van der Waals surface area contributed by atoms with Gasteiger partial charge in [0.25, 0.3) is 0 Å². The molecule has 24 heavy (non-hydrogen) atoms. The molecule has 15 heteroatoms. The van der Waals surface area contributed by atoms with Crippen LogP contribution in [0.4, 0.5) is 0 Å². The van der Waals surface area contributed by atoms with Gasteiger partial charge in [-0.2, -0.15) is 0 Å². The number of phosphoric acid groups is 2. The maximum atomic E-state index is 11.3. The lowest BCUT2D eigenvalue weighted by Gasteiger charge is -2.17. The van der Waals surface area contributed by atoms with Crippen LogP contribution in [0.15, 0.2) is 0 Å². The molecule has 0 rings (SSSR count). The highest BCUT2D eigenvalue weighted by Crippen LogP contribution is 2.45. The fourth-order valence-electron chi connectivity index (χ4n) is 0.902. The number of aliphatic hydroxyl groups is 3. The van der Waals surface area contributed by atoms with Crippen molar-refractivity contribution in [3.8, 4) is 0 Å². The lowest BCUT2D eigenvalue weighted by atomic mass is 10.4. The van der Waals surface area contributed by atoms with Crippen molar-refractivity contribution in [1.29, 1.82) is 0 Å². The first kappa shape index (κ1) is 23.6. The zero-order valence-electron chi connectivity index (χ0n) is 12.6. The monoisotopic (exact) mass is 397 g/mol. The first-order valence-corrected chi connectivity index (χ1v) is 9.43. The standard InChI is InChI=1S/C9H21NO12P2/c1-6(10)9(14)22-24(17,18)21-5-8(13)4-20-23(15,16)19-3-7(12)2-11/h6-8,11-13H,2-5,10H2,1H3,(H,15,16)(H,17,18). The highest BCUT2D eigenvalue weighted by molar-refractivity contribution is 7.48. The average molecular weight is 397 g/mol. The molecule has 0 spiro atoms. The third-order valence-corrected chi connectivity index (χ3v) is 3.91. The lowest BCUT2D eigenvalue weighted by molar-refractivity contribution is -0.137. The van der Waals surface area contributed by atoms with E-state index >= 15 is 0 Å². The summed E-state index contributed by atoms with van der Waals surface area (Å²) >= 11 is 0. The Hall–Kier alpha value is -0.430. The summed E-state index contributed by atoms with van der Waals surface area (Å²) in [5.74, 6) is -1.21. The molecule has 0 bridgehead atoms.